The molecule has 0 radical (unpaired) electrons. The van der Waals surface area contributed by atoms with Crippen LogP contribution in [0.1, 0.15) is 13.3 Å². The molecule has 0 aromatic rings. The Morgan fingerprint density at radius 3 is 2.60 bits per heavy atom. The summed E-state index contributed by atoms with van der Waals surface area (Å²) in [4.78, 5) is 9.63. The zero-order valence-corrected chi connectivity index (χ0v) is 6.23. The molecule has 0 saturated heterocycles. The van der Waals surface area contributed by atoms with Crippen LogP contribution in [0.25, 0.3) is 0 Å². The van der Waals surface area contributed by atoms with E-state index in [-0.39, 0.29) is 6.41 Å². The van der Waals surface area contributed by atoms with Crippen LogP contribution in [-0.2, 0) is 14.8 Å². The zero-order chi connectivity index (χ0) is 8.04. The summed E-state index contributed by atoms with van der Waals surface area (Å²) >= 11 is 0. The van der Waals surface area contributed by atoms with E-state index in [4.69, 9.17) is 0 Å². The van der Waals surface area contributed by atoms with Gasteiger partial charge in [-0.1, -0.05) is 12.8 Å². The van der Waals surface area contributed by atoms with E-state index in [0.717, 1.165) is 0 Å². The number of hydrogen-bond acceptors (Lipinski definition) is 3. The third-order valence-electron chi connectivity index (χ3n) is 0.587. The fraction of sp³-hybridized carbons (Fsp3) is 0.400. The molecule has 0 aliphatic heterocycles. The van der Waals surface area contributed by atoms with E-state index in [1.807, 2.05) is 5.25 Å². The van der Waals surface area contributed by atoms with Crippen LogP contribution in [0, 0.1) is 11.2 Å². The van der Waals surface area contributed by atoms with Crippen LogP contribution >= 0.6 is 0 Å². The van der Waals surface area contributed by atoms with Gasteiger partial charge in [-0.25, -0.2) is 4.72 Å². The van der Waals surface area contributed by atoms with Gasteiger partial charge in [0.1, 0.15) is 0 Å². The van der Waals surface area contributed by atoms with Crippen LogP contribution in [0.3, 0.4) is 0 Å². The summed E-state index contributed by atoms with van der Waals surface area (Å²) in [6, 6.07) is 0. The minimum Gasteiger partial charge on any atom is -0.278 e. The molecule has 4 nitrogen and oxygen atoms in total. The lowest BCUT2D eigenvalue weighted by molar-refractivity contribution is -0.108. The van der Waals surface area contributed by atoms with Crippen LogP contribution in [-0.4, -0.2) is 14.8 Å². The van der Waals surface area contributed by atoms with Crippen LogP contribution in [0.4, 0.5) is 0 Å². The van der Waals surface area contributed by atoms with Crippen LogP contribution in [0.15, 0.2) is 0 Å². The van der Waals surface area contributed by atoms with E-state index < -0.39 is 10.0 Å². The molecule has 1 amide bonds. The second kappa shape index (κ2) is 3.90. The number of amides is 1. The van der Waals surface area contributed by atoms with Crippen molar-refractivity contribution in [3.8, 4) is 11.2 Å². The van der Waals surface area contributed by atoms with Gasteiger partial charge < -0.3 is 0 Å². The van der Waals surface area contributed by atoms with Crippen molar-refractivity contribution < 1.29 is 13.2 Å². The Bertz CT molecular complexity index is 256. The molecule has 1 N–H and O–H groups in total. The number of carbonyl (C=O) groups is 1. The predicted octanol–water partition coefficient (Wildman–Crippen LogP) is -0.567. The smallest absolute Gasteiger partial charge is 0.278 e. The van der Waals surface area contributed by atoms with Gasteiger partial charge in [-0.15, -0.1) is 0 Å². The summed E-state index contributed by atoms with van der Waals surface area (Å²) in [7, 11) is -3.67. The van der Waals surface area contributed by atoms with Gasteiger partial charge in [-0.05, 0) is 0 Å². The highest BCUT2D eigenvalue weighted by Gasteiger charge is 1.99. The van der Waals surface area contributed by atoms with Crippen molar-refractivity contribution in [1.29, 1.82) is 0 Å². The highest BCUT2D eigenvalue weighted by molar-refractivity contribution is 7.94. The van der Waals surface area contributed by atoms with E-state index in [9.17, 15) is 13.2 Å². The first-order chi connectivity index (χ1) is 4.62. The van der Waals surface area contributed by atoms with Gasteiger partial charge in [0.25, 0.3) is 0 Å². The first kappa shape index (κ1) is 8.98. The molecule has 0 fully saturated rings. The Morgan fingerprint density at radius 2 is 2.20 bits per heavy atom. The van der Waals surface area contributed by atoms with Crippen molar-refractivity contribution in [3.63, 3.8) is 0 Å². The Morgan fingerprint density at radius 1 is 1.60 bits per heavy atom. The van der Waals surface area contributed by atoms with Crippen molar-refractivity contribution in [2.75, 3.05) is 0 Å². The van der Waals surface area contributed by atoms with Gasteiger partial charge in [-0.3, -0.25) is 4.79 Å². The number of nitrogens with one attached hydrogen (secondary N) is 1. The fourth-order valence-corrected chi connectivity index (χ4v) is 0.780. The maximum absolute atomic E-state index is 10.5. The van der Waals surface area contributed by atoms with Gasteiger partial charge in [-0.2, -0.15) is 8.42 Å². The van der Waals surface area contributed by atoms with E-state index in [1.165, 1.54) is 0 Å². The summed E-state index contributed by atoms with van der Waals surface area (Å²) in [6.07, 6.45) is 0.527. The van der Waals surface area contributed by atoms with Crippen LogP contribution in [0.2, 0.25) is 0 Å². The standard InChI is InChI=1S/C5H7NO3S/c1-2-3-4-10(8,9)6-5-7/h5H,2H2,1H3,(H,6,7). The maximum Gasteiger partial charge on any atom is 0.303 e. The van der Waals surface area contributed by atoms with E-state index in [2.05, 4.69) is 5.92 Å². The Balaban J connectivity index is 4.28. The maximum atomic E-state index is 10.5. The highest BCUT2D eigenvalue weighted by atomic mass is 32.2. The van der Waals surface area contributed by atoms with Gasteiger partial charge in [0.2, 0.25) is 6.41 Å². The summed E-state index contributed by atoms with van der Waals surface area (Å²) in [5.41, 5.74) is 0. The molecule has 0 rings (SSSR count). The molecule has 0 atom stereocenters. The minimum atomic E-state index is -3.67. The molecule has 10 heavy (non-hydrogen) atoms. The number of sulfonamides is 1. The normalized spacial score (nSPS) is 9.30. The first-order valence-electron chi connectivity index (χ1n) is 2.58. The lowest BCUT2D eigenvalue weighted by atomic mass is 10.5. The summed E-state index contributed by atoms with van der Waals surface area (Å²) in [6.45, 7) is 1.71. The molecular formula is C5H7NO3S. The van der Waals surface area contributed by atoms with Crippen molar-refractivity contribution in [2.45, 2.75) is 13.3 Å². The topological polar surface area (TPSA) is 63.2 Å². The van der Waals surface area contributed by atoms with Gasteiger partial charge in [0, 0.05) is 11.7 Å². The molecule has 0 aliphatic rings. The average molecular weight is 161 g/mol. The van der Waals surface area contributed by atoms with E-state index in [1.54, 1.807) is 11.6 Å². The third-order valence-corrected chi connectivity index (χ3v) is 1.41. The second-order valence-corrected chi connectivity index (χ2v) is 2.82. The number of rotatable bonds is 2. The Hall–Kier alpha value is -1.02. The molecule has 5 heteroatoms. The summed E-state index contributed by atoms with van der Waals surface area (Å²) in [5, 5.41) is 1.89. The minimum absolute atomic E-state index is 0.0830. The lowest BCUT2D eigenvalue weighted by Gasteiger charge is -1.87. The third kappa shape index (κ3) is 3.92. The second-order valence-electron chi connectivity index (χ2n) is 1.37. The zero-order valence-electron chi connectivity index (χ0n) is 5.42. The molecule has 0 aromatic heterocycles. The lowest BCUT2D eigenvalue weighted by Crippen LogP contribution is -2.19. The van der Waals surface area contributed by atoms with Gasteiger partial charge in [0.15, 0.2) is 0 Å². The molecule has 0 spiro atoms. The monoisotopic (exact) mass is 161 g/mol. The van der Waals surface area contributed by atoms with Gasteiger partial charge in [0.05, 0.1) is 0 Å². The first-order valence-corrected chi connectivity index (χ1v) is 4.06. The fourth-order valence-electron chi connectivity index (χ4n) is 0.260. The molecule has 0 heterocycles. The quantitative estimate of drug-likeness (QED) is 0.436. The molecule has 0 saturated carbocycles. The number of carbonyl (C=O) groups excluding carboxylic acids is 1. The largest absolute Gasteiger partial charge is 0.303 e. The van der Waals surface area contributed by atoms with Crippen molar-refractivity contribution in [2.24, 2.45) is 0 Å². The average Bonchev–Trinajstić information content (AvgIpc) is 1.84. The molecule has 0 unspecified atom stereocenters. The van der Waals surface area contributed by atoms with Crippen LogP contribution in [0.5, 0.6) is 0 Å². The van der Waals surface area contributed by atoms with E-state index in [0.29, 0.717) is 6.42 Å². The van der Waals surface area contributed by atoms with Gasteiger partial charge >= 0.3 is 10.0 Å². The highest BCUT2D eigenvalue weighted by Crippen LogP contribution is 1.76. The SMILES string of the molecule is CCC#CS(=O)(=O)NC=O. The van der Waals surface area contributed by atoms with E-state index >= 15 is 0 Å². The molecule has 0 bridgehead atoms. The Kier molecular flexibility index (Phi) is 3.51. The summed E-state index contributed by atoms with van der Waals surface area (Å²) in [5.74, 6) is 2.31. The Labute approximate surface area is 59.7 Å². The van der Waals surface area contributed by atoms with Crippen molar-refractivity contribution in [1.82, 2.24) is 4.72 Å². The van der Waals surface area contributed by atoms with Crippen LogP contribution < -0.4 is 4.72 Å². The molecule has 0 aliphatic carbocycles. The predicted molar refractivity (Wildman–Crippen MR) is 36.2 cm³/mol. The molecular weight excluding hydrogens is 154 g/mol. The van der Waals surface area contributed by atoms with Crippen molar-refractivity contribution in [3.05, 3.63) is 0 Å². The summed E-state index contributed by atoms with van der Waals surface area (Å²) < 4.78 is 22.5. The number of hydrogen-bond donors (Lipinski definition) is 1. The van der Waals surface area contributed by atoms with Crippen molar-refractivity contribution >= 4 is 16.4 Å². The molecule has 0 aromatic carbocycles. The molecule has 56 valence electrons.